The second-order valence-electron chi connectivity index (χ2n) is 4.61. The van der Waals surface area contributed by atoms with Gasteiger partial charge in [0.05, 0.1) is 5.69 Å². The number of carboxylic acids is 1. The standard InChI is InChI=1S/C14H17NO4/c1-4-9-7-6-8-10-11(9)15(5-2)12(16)14(3,19-10)13(17)18/h6-8H,4-5H2,1-3H3,(H,17,18). The molecule has 0 saturated heterocycles. The minimum Gasteiger partial charge on any atom is -0.478 e. The molecule has 5 heteroatoms. The van der Waals surface area contributed by atoms with Crippen LogP contribution >= 0.6 is 0 Å². The number of aryl methyl sites for hydroxylation is 1. The first-order valence-corrected chi connectivity index (χ1v) is 6.32. The van der Waals surface area contributed by atoms with Crippen molar-refractivity contribution in [1.82, 2.24) is 0 Å². The van der Waals surface area contributed by atoms with Crippen LogP contribution in [0.1, 0.15) is 26.3 Å². The van der Waals surface area contributed by atoms with E-state index in [0.717, 1.165) is 12.0 Å². The molecule has 1 amide bonds. The molecule has 19 heavy (non-hydrogen) atoms. The first-order chi connectivity index (χ1) is 8.95. The van der Waals surface area contributed by atoms with Gasteiger partial charge in [-0.25, -0.2) is 4.79 Å². The van der Waals surface area contributed by atoms with E-state index in [-0.39, 0.29) is 0 Å². The first kappa shape index (κ1) is 13.4. The van der Waals surface area contributed by atoms with E-state index < -0.39 is 17.5 Å². The molecule has 2 rings (SSSR count). The molecule has 1 aromatic carbocycles. The Bertz CT molecular complexity index is 540. The number of hydrogen-bond acceptors (Lipinski definition) is 3. The molecule has 0 aliphatic carbocycles. The van der Waals surface area contributed by atoms with Crippen LogP contribution in [-0.4, -0.2) is 29.1 Å². The molecule has 1 atom stereocenters. The average molecular weight is 263 g/mol. The Morgan fingerprint density at radius 3 is 2.63 bits per heavy atom. The van der Waals surface area contributed by atoms with E-state index in [1.165, 1.54) is 11.8 Å². The third kappa shape index (κ3) is 1.85. The van der Waals surface area contributed by atoms with Gasteiger partial charge in [-0.3, -0.25) is 4.79 Å². The Hall–Kier alpha value is -2.04. The van der Waals surface area contributed by atoms with Crippen LogP contribution in [0.25, 0.3) is 0 Å². The Balaban J connectivity index is 2.64. The lowest BCUT2D eigenvalue weighted by Gasteiger charge is -2.38. The molecule has 1 unspecified atom stereocenters. The summed E-state index contributed by atoms with van der Waals surface area (Å²) in [7, 11) is 0. The number of anilines is 1. The Kier molecular flexibility index (Phi) is 3.22. The van der Waals surface area contributed by atoms with Crippen LogP contribution in [0.2, 0.25) is 0 Å². The summed E-state index contributed by atoms with van der Waals surface area (Å²) >= 11 is 0. The van der Waals surface area contributed by atoms with E-state index >= 15 is 0 Å². The third-order valence-corrected chi connectivity index (χ3v) is 3.43. The van der Waals surface area contributed by atoms with Gasteiger partial charge in [0.1, 0.15) is 5.75 Å². The molecule has 0 radical (unpaired) electrons. The fraction of sp³-hybridized carbons (Fsp3) is 0.429. The Morgan fingerprint density at radius 1 is 1.42 bits per heavy atom. The fourth-order valence-corrected chi connectivity index (χ4v) is 2.30. The number of likely N-dealkylation sites (N-methyl/N-ethyl adjacent to an activating group) is 1. The number of carbonyl (C=O) groups excluding carboxylic acids is 1. The van der Waals surface area contributed by atoms with Crippen LogP contribution in [0, 0.1) is 0 Å². The maximum Gasteiger partial charge on any atom is 0.357 e. The van der Waals surface area contributed by atoms with Crippen molar-refractivity contribution in [2.24, 2.45) is 0 Å². The molecule has 0 aromatic heterocycles. The number of benzene rings is 1. The number of rotatable bonds is 3. The quantitative estimate of drug-likeness (QED) is 0.845. The van der Waals surface area contributed by atoms with Gasteiger partial charge in [0.15, 0.2) is 0 Å². The van der Waals surface area contributed by atoms with Crippen LogP contribution in [0.3, 0.4) is 0 Å². The molecule has 1 N–H and O–H groups in total. The van der Waals surface area contributed by atoms with Crippen molar-refractivity contribution in [3.63, 3.8) is 0 Å². The lowest BCUT2D eigenvalue weighted by Crippen LogP contribution is -2.59. The smallest absolute Gasteiger partial charge is 0.357 e. The van der Waals surface area contributed by atoms with E-state index in [4.69, 9.17) is 4.74 Å². The predicted molar refractivity (Wildman–Crippen MR) is 70.5 cm³/mol. The third-order valence-electron chi connectivity index (χ3n) is 3.43. The van der Waals surface area contributed by atoms with Gasteiger partial charge >= 0.3 is 5.97 Å². The first-order valence-electron chi connectivity index (χ1n) is 6.32. The highest BCUT2D eigenvalue weighted by Crippen LogP contribution is 2.40. The average Bonchev–Trinajstić information content (AvgIpc) is 2.39. The highest BCUT2D eigenvalue weighted by Gasteiger charge is 2.51. The van der Waals surface area contributed by atoms with Crippen molar-refractivity contribution >= 4 is 17.6 Å². The number of para-hydroxylation sites is 1. The van der Waals surface area contributed by atoms with Crippen molar-refractivity contribution in [1.29, 1.82) is 0 Å². The Labute approximate surface area is 111 Å². The fourth-order valence-electron chi connectivity index (χ4n) is 2.30. The number of amides is 1. The number of nitrogens with zero attached hydrogens (tertiary/aromatic N) is 1. The molecule has 0 fully saturated rings. The summed E-state index contributed by atoms with van der Waals surface area (Å²) in [4.78, 5) is 25.2. The molecule has 0 spiro atoms. The molecular weight excluding hydrogens is 246 g/mol. The molecule has 1 aromatic rings. The zero-order valence-corrected chi connectivity index (χ0v) is 11.3. The van der Waals surface area contributed by atoms with Crippen LogP contribution in [0.5, 0.6) is 5.75 Å². The summed E-state index contributed by atoms with van der Waals surface area (Å²) in [6, 6.07) is 5.43. The molecule has 102 valence electrons. The number of carboxylic acid groups (broad SMARTS) is 1. The second kappa shape index (κ2) is 4.57. The molecule has 0 saturated carbocycles. The summed E-state index contributed by atoms with van der Waals surface area (Å²) in [6.45, 7) is 5.51. The van der Waals surface area contributed by atoms with Gasteiger partial charge in [-0.2, -0.15) is 0 Å². The monoisotopic (exact) mass is 263 g/mol. The van der Waals surface area contributed by atoms with Crippen LogP contribution in [0.4, 0.5) is 5.69 Å². The van der Waals surface area contributed by atoms with Gasteiger partial charge in [0.25, 0.3) is 11.5 Å². The highest BCUT2D eigenvalue weighted by atomic mass is 16.5. The lowest BCUT2D eigenvalue weighted by molar-refractivity contribution is -0.161. The van der Waals surface area contributed by atoms with Crippen LogP contribution in [-0.2, 0) is 16.0 Å². The summed E-state index contributed by atoms with van der Waals surface area (Å²) in [5.41, 5.74) is -0.189. The molecular formula is C14H17NO4. The second-order valence-corrected chi connectivity index (χ2v) is 4.61. The largest absolute Gasteiger partial charge is 0.478 e. The minimum atomic E-state index is -1.85. The molecule has 1 heterocycles. The summed E-state index contributed by atoms with van der Waals surface area (Å²) in [5.74, 6) is -1.36. The van der Waals surface area contributed by atoms with E-state index in [2.05, 4.69) is 0 Å². The van der Waals surface area contributed by atoms with Crippen molar-refractivity contribution in [3.05, 3.63) is 23.8 Å². The number of ether oxygens (including phenoxy) is 1. The number of fused-ring (bicyclic) bond motifs is 1. The summed E-state index contributed by atoms with van der Waals surface area (Å²) < 4.78 is 5.48. The van der Waals surface area contributed by atoms with Crippen molar-refractivity contribution in [2.45, 2.75) is 32.8 Å². The molecule has 1 aliphatic rings. The Morgan fingerprint density at radius 2 is 2.11 bits per heavy atom. The molecule has 1 aliphatic heterocycles. The van der Waals surface area contributed by atoms with Crippen molar-refractivity contribution in [2.75, 3.05) is 11.4 Å². The lowest BCUT2D eigenvalue weighted by atomic mass is 9.99. The van der Waals surface area contributed by atoms with Gasteiger partial charge in [-0.1, -0.05) is 19.1 Å². The summed E-state index contributed by atoms with van der Waals surface area (Å²) in [5, 5.41) is 9.26. The van der Waals surface area contributed by atoms with Crippen LogP contribution < -0.4 is 9.64 Å². The van der Waals surface area contributed by atoms with E-state index in [1.807, 2.05) is 26.0 Å². The summed E-state index contributed by atoms with van der Waals surface area (Å²) in [6.07, 6.45) is 0.750. The van der Waals surface area contributed by atoms with Gasteiger partial charge in [0, 0.05) is 6.54 Å². The van der Waals surface area contributed by atoms with Gasteiger partial charge in [-0.15, -0.1) is 0 Å². The van der Waals surface area contributed by atoms with E-state index in [0.29, 0.717) is 18.0 Å². The van der Waals surface area contributed by atoms with Crippen LogP contribution in [0.15, 0.2) is 18.2 Å². The maximum atomic E-state index is 12.4. The van der Waals surface area contributed by atoms with Gasteiger partial charge in [0.2, 0.25) is 0 Å². The van der Waals surface area contributed by atoms with E-state index in [9.17, 15) is 14.7 Å². The number of carbonyl (C=O) groups is 2. The number of aliphatic carboxylic acids is 1. The predicted octanol–water partition coefficient (Wildman–Crippen LogP) is 1.84. The van der Waals surface area contributed by atoms with Gasteiger partial charge in [-0.05, 0) is 31.9 Å². The zero-order chi connectivity index (χ0) is 14.2. The van der Waals surface area contributed by atoms with E-state index in [1.54, 1.807) is 6.07 Å². The number of hydrogen-bond donors (Lipinski definition) is 1. The maximum absolute atomic E-state index is 12.4. The highest BCUT2D eigenvalue weighted by molar-refractivity contribution is 6.14. The van der Waals surface area contributed by atoms with Crippen molar-refractivity contribution in [3.8, 4) is 5.75 Å². The topological polar surface area (TPSA) is 66.8 Å². The zero-order valence-electron chi connectivity index (χ0n) is 11.3. The normalized spacial score (nSPS) is 21.8. The molecule has 5 nitrogen and oxygen atoms in total. The van der Waals surface area contributed by atoms with Crippen molar-refractivity contribution < 1.29 is 19.4 Å². The SMILES string of the molecule is CCc1cccc2c1N(CC)C(=O)C(C)(C(=O)O)O2. The minimum absolute atomic E-state index is 0.412. The van der Waals surface area contributed by atoms with Gasteiger partial charge < -0.3 is 14.7 Å². The molecule has 0 bridgehead atoms.